The van der Waals surface area contributed by atoms with Crippen LogP contribution in [-0.2, 0) is 6.42 Å². The SMILES string of the molecule is CNC(Cc1ccc(F)cc1Br)c1ccnnc1. The quantitative estimate of drug-likeness (QED) is 0.943. The minimum Gasteiger partial charge on any atom is -0.313 e. The van der Waals surface area contributed by atoms with Crippen molar-refractivity contribution in [2.45, 2.75) is 12.5 Å². The normalized spacial score (nSPS) is 12.4. The van der Waals surface area contributed by atoms with Crippen molar-refractivity contribution >= 4 is 15.9 Å². The standard InChI is InChI=1S/C13H13BrFN3/c1-16-13(10-4-5-17-18-8-10)6-9-2-3-11(15)7-12(9)14/h2-5,7-8,13,16H,6H2,1H3. The summed E-state index contributed by atoms with van der Waals surface area (Å²) in [5, 5.41) is 10.9. The van der Waals surface area contributed by atoms with Crippen molar-refractivity contribution in [1.82, 2.24) is 15.5 Å². The van der Waals surface area contributed by atoms with Crippen LogP contribution in [0.2, 0.25) is 0 Å². The van der Waals surface area contributed by atoms with E-state index in [0.29, 0.717) is 0 Å². The number of aromatic nitrogens is 2. The number of nitrogens with one attached hydrogen (secondary N) is 1. The number of benzene rings is 1. The number of rotatable bonds is 4. The van der Waals surface area contributed by atoms with Gasteiger partial charge in [-0.15, -0.1) is 0 Å². The van der Waals surface area contributed by atoms with Crippen LogP contribution in [0.4, 0.5) is 4.39 Å². The Kier molecular flexibility index (Phi) is 4.38. The molecular weight excluding hydrogens is 297 g/mol. The minimum atomic E-state index is -0.239. The Labute approximate surface area is 114 Å². The van der Waals surface area contributed by atoms with E-state index >= 15 is 0 Å². The van der Waals surface area contributed by atoms with Crippen LogP contribution < -0.4 is 5.32 Å². The third-order valence-corrected chi connectivity index (χ3v) is 3.54. The van der Waals surface area contributed by atoms with Crippen molar-refractivity contribution in [3.63, 3.8) is 0 Å². The van der Waals surface area contributed by atoms with Gasteiger partial charge >= 0.3 is 0 Å². The van der Waals surface area contributed by atoms with Gasteiger partial charge in [-0.3, -0.25) is 0 Å². The van der Waals surface area contributed by atoms with Crippen LogP contribution in [0.1, 0.15) is 17.2 Å². The number of likely N-dealkylation sites (N-methyl/N-ethyl adjacent to an activating group) is 1. The van der Waals surface area contributed by atoms with Crippen LogP contribution in [-0.4, -0.2) is 17.2 Å². The molecule has 3 nitrogen and oxygen atoms in total. The van der Waals surface area contributed by atoms with Gasteiger partial charge in [-0.2, -0.15) is 10.2 Å². The summed E-state index contributed by atoms with van der Waals surface area (Å²) in [6.07, 6.45) is 4.15. The monoisotopic (exact) mass is 309 g/mol. The van der Waals surface area contributed by atoms with Crippen molar-refractivity contribution in [2.24, 2.45) is 0 Å². The summed E-state index contributed by atoms with van der Waals surface area (Å²) in [5.74, 6) is -0.239. The highest BCUT2D eigenvalue weighted by Crippen LogP contribution is 2.24. The molecular formula is C13H13BrFN3. The molecule has 0 amide bonds. The van der Waals surface area contributed by atoms with E-state index in [1.54, 1.807) is 18.5 Å². The molecule has 0 fully saturated rings. The summed E-state index contributed by atoms with van der Waals surface area (Å²) >= 11 is 3.38. The second-order valence-corrected chi connectivity index (χ2v) is 4.81. The molecule has 0 aliphatic heterocycles. The molecule has 2 rings (SSSR count). The second-order valence-electron chi connectivity index (χ2n) is 3.96. The highest BCUT2D eigenvalue weighted by atomic mass is 79.9. The van der Waals surface area contributed by atoms with Gasteiger partial charge in [0.15, 0.2) is 0 Å². The van der Waals surface area contributed by atoms with Gasteiger partial charge in [0.05, 0.1) is 6.20 Å². The van der Waals surface area contributed by atoms with Crippen LogP contribution in [0.3, 0.4) is 0 Å². The summed E-state index contributed by atoms with van der Waals surface area (Å²) in [6.45, 7) is 0. The third kappa shape index (κ3) is 3.11. The van der Waals surface area contributed by atoms with Gasteiger partial charge in [0.1, 0.15) is 5.82 Å². The Morgan fingerprint density at radius 3 is 2.78 bits per heavy atom. The fourth-order valence-electron chi connectivity index (χ4n) is 1.80. The number of hydrogen-bond acceptors (Lipinski definition) is 3. The molecule has 18 heavy (non-hydrogen) atoms. The fourth-order valence-corrected chi connectivity index (χ4v) is 2.31. The molecule has 94 valence electrons. The lowest BCUT2D eigenvalue weighted by molar-refractivity contribution is 0.583. The van der Waals surface area contributed by atoms with Gasteiger partial charge in [0.25, 0.3) is 0 Å². The van der Waals surface area contributed by atoms with E-state index in [9.17, 15) is 4.39 Å². The number of hydrogen-bond donors (Lipinski definition) is 1. The zero-order valence-corrected chi connectivity index (χ0v) is 11.5. The third-order valence-electron chi connectivity index (χ3n) is 2.80. The highest BCUT2D eigenvalue weighted by Gasteiger charge is 2.12. The largest absolute Gasteiger partial charge is 0.313 e. The highest BCUT2D eigenvalue weighted by molar-refractivity contribution is 9.10. The van der Waals surface area contributed by atoms with Gasteiger partial charge in [-0.05, 0) is 42.8 Å². The maximum Gasteiger partial charge on any atom is 0.124 e. The fraction of sp³-hybridized carbons (Fsp3) is 0.231. The van der Waals surface area contributed by atoms with E-state index in [1.165, 1.54) is 12.1 Å². The zero-order chi connectivity index (χ0) is 13.0. The van der Waals surface area contributed by atoms with E-state index in [4.69, 9.17) is 0 Å². The molecule has 1 unspecified atom stereocenters. The molecule has 0 aliphatic carbocycles. The molecule has 0 saturated carbocycles. The first-order valence-corrected chi connectivity index (χ1v) is 6.38. The first-order valence-electron chi connectivity index (χ1n) is 5.58. The first-order chi connectivity index (χ1) is 8.70. The Balaban J connectivity index is 2.21. The van der Waals surface area contributed by atoms with E-state index in [-0.39, 0.29) is 11.9 Å². The summed E-state index contributed by atoms with van der Waals surface area (Å²) < 4.78 is 13.8. The van der Waals surface area contributed by atoms with Crippen molar-refractivity contribution in [3.8, 4) is 0 Å². The Hall–Kier alpha value is -1.33. The number of nitrogens with zero attached hydrogens (tertiary/aromatic N) is 2. The second kappa shape index (κ2) is 6.02. The molecule has 0 radical (unpaired) electrons. The van der Waals surface area contributed by atoms with Crippen molar-refractivity contribution in [1.29, 1.82) is 0 Å². The molecule has 1 aromatic heterocycles. The van der Waals surface area contributed by atoms with Crippen LogP contribution in [0, 0.1) is 5.82 Å². The lowest BCUT2D eigenvalue weighted by Crippen LogP contribution is -2.19. The Bertz CT molecular complexity index is 519. The van der Waals surface area contributed by atoms with E-state index < -0.39 is 0 Å². The van der Waals surface area contributed by atoms with Crippen molar-refractivity contribution < 1.29 is 4.39 Å². The minimum absolute atomic E-state index is 0.127. The topological polar surface area (TPSA) is 37.8 Å². The van der Waals surface area contributed by atoms with Crippen molar-refractivity contribution in [3.05, 3.63) is 58.1 Å². The Morgan fingerprint density at radius 2 is 2.17 bits per heavy atom. The predicted molar refractivity (Wildman–Crippen MR) is 71.6 cm³/mol. The average Bonchev–Trinajstić information content (AvgIpc) is 2.39. The molecule has 0 saturated heterocycles. The molecule has 2 aromatic rings. The van der Waals surface area contributed by atoms with Gasteiger partial charge in [-0.25, -0.2) is 4.39 Å². The van der Waals surface area contributed by atoms with Gasteiger partial charge in [0.2, 0.25) is 0 Å². The summed E-state index contributed by atoms with van der Waals surface area (Å²) in [6, 6.07) is 6.79. The summed E-state index contributed by atoms with van der Waals surface area (Å²) in [7, 11) is 1.89. The lowest BCUT2D eigenvalue weighted by atomic mass is 10.0. The van der Waals surface area contributed by atoms with Gasteiger partial charge < -0.3 is 5.32 Å². The summed E-state index contributed by atoms with van der Waals surface area (Å²) in [4.78, 5) is 0. The molecule has 1 heterocycles. The number of halogens is 2. The zero-order valence-electron chi connectivity index (χ0n) is 9.90. The van der Waals surface area contributed by atoms with Crippen LogP contribution in [0.5, 0.6) is 0 Å². The first kappa shape index (κ1) is 13.1. The lowest BCUT2D eigenvalue weighted by Gasteiger charge is -2.16. The molecule has 1 aromatic carbocycles. The van der Waals surface area contributed by atoms with Crippen LogP contribution >= 0.6 is 15.9 Å². The smallest absolute Gasteiger partial charge is 0.124 e. The van der Waals surface area contributed by atoms with Crippen LogP contribution in [0.15, 0.2) is 41.1 Å². The average molecular weight is 310 g/mol. The van der Waals surface area contributed by atoms with E-state index in [0.717, 1.165) is 22.0 Å². The van der Waals surface area contributed by atoms with Gasteiger partial charge in [0, 0.05) is 16.7 Å². The predicted octanol–water partition coefficient (Wildman–Crippen LogP) is 2.88. The molecule has 0 spiro atoms. The molecule has 5 heteroatoms. The summed E-state index contributed by atoms with van der Waals surface area (Å²) in [5.41, 5.74) is 2.11. The van der Waals surface area contributed by atoms with Crippen molar-refractivity contribution in [2.75, 3.05) is 7.05 Å². The van der Waals surface area contributed by atoms with Gasteiger partial charge in [-0.1, -0.05) is 22.0 Å². The van der Waals surface area contributed by atoms with Crippen LogP contribution in [0.25, 0.3) is 0 Å². The molecule has 1 N–H and O–H groups in total. The Morgan fingerprint density at radius 1 is 1.33 bits per heavy atom. The molecule has 0 bridgehead atoms. The molecule has 0 aliphatic rings. The van der Waals surface area contributed by atoms with E-state index in [2.05, 4.69) is 31.4 Å². The molecule has 1 atom stereocenters. The maximum absolute atomic E-state index is 13.0. The maximum atomic E-state index is 13.0. The van der Waals surface area contributed by atoms with E-state index in [1.807, 2.05) is 13.1 Å².